The molecular weight excluding hydrogens is 370 g/mol. The van der Waals surface area contributed by atoms with Crippen molar-refractivity contribution in [2.75, 3.05) is 0 Å². The first kappa shape index (κ1) is 16.9. The molecule has 5 rings (SSSR count). The molecule has 0 unspecified atom stereocenters. The van der Waals surface area contributed by atoms with Gasteiger partial charge in [0, 0.05) is 22.8 Å². The lowest BCUT2D eigenvalue weighted by Crippen LogP contribution is -2.23. The molecule has 1 N–H and O–H groups in total. The zero-order chi connectivity index (χ0) is 19.3. The average Bonchev–Trinajstić information content (AvgIpc) is 3.18. The number of aromatic nitrogens is 3. The molecule has 28 heavy (non-hydrogen) atoms. The summed E-state index contributed by atoms with van der Waals surface area (Å²) in [5.74, 6) is 0.608. The number of aryl methyl sites for hydroxylation is 1. The van der Waals surface area contributed by atoms with Crippen LogP contribution in [-0.2, 0) is 13.0 Å². The van der Waals surface area contributed by atoms with Crippen LogP contribution in [0.4, 0.5) is 0 Å². The SMILES string of the molecule is CCc1cc2c(=O)nc3n(c2s1)Cc1ccccc1/C3=C(/O)c1ccncc1. The van der Waals surface area contributed by atoms with Crippen molar-refractivity contribution in [3.05, 3.63) is 92.6 Å². The number of fused-ring (bicyclic) bond motifs is 4. The molecule has 0 radical (unpaired) electrons. The Labute approximate surface area is 165 Å². The third kappa shape index (κ3) is 2.49. The molecule has 1 aliphatic rings. The number of thiophene rings is 1. The highest BCUT2D eigenvalue weighted by atomic mass is 32.1. The number of rotatable bonds is 2. The van der Waals surface area contributed by atoms with Crippen molar-refractivity contribution in [1.29, 1.82) is 0 Å². The molecule has 6 heteroatoms. The Morgan fingerprint density at radius 1 is 1.21 bits per heavy atom. The largest absolute Gasteiger partial charge is 0.507 e. The van der Waals surface area contributed by atoms with Gasteiger partial charge < -0.3 is 9.67 Å². The molecule has 0 aliphatic carbocycles. The van der Waals surface area contributed by atoms with E-state index in [2.05, 4.69) is 27.5 Å². The summed E-state index contributed by atoms with van der Waals surface area (Å²) in [6.07, 6.45) is 4.14. The van der Waals surface area contributed by atoms with E-state index in [1.807, 2.05) is 24.3 Å². The van der Waals surface area contributed by atoms with Gasteiger partial charge in [0.25, 0.3) is 5.56 Å². The lowest BCUT2D eigenvalue weighted by Gasteiger charge is -2.25. The van der Waals surface area contributed by atoms with E-state index in [0.29, 0.717) is 28.9 Å². The van der Waals surface area contributed by atoms with Gasteiger partial charge in [0.05, 0.1) is 17.5 Å². The smallest absolute Gasteiger partial charge is 0.281 e. The van der Waals surface area contributed by atoms with E-state index in [-0.39, 0.29) is 11.3 Å². The highest BCUT2D eigenvalue weighted by Crippen LogP contribution is 2.38. The van der Waals surface area contributed by atoms with Gasteiger partial charge in [-0.25, -0.2) is 0 Å². The zero-order valence-corrected chi connectivity index (χ0v) is 16.0. The minimum Gasteiger partial charge on any atom is -0.507 e. The monoisotopic (exact) mass is 387 g/mol. The van der Waals surface area contributed by atoms with E-state index in [9.17, 15) is 9.90 Å². The van der Waals surface area contributed by atoms with E-state index in [1.54, 1.807) is 35.9 Å². The Bertz CT molecular complexity index is 1300. The molecule has 3 aromatic heterocycles. The summed E-state index contributed by atoms with van der Waals surface area (Å²) in [7, 11) is 0. The number of benzene rings is 1. The quantitative estimate of drug-likeness (QED) is 0.460. The van der Waals surface area contributed by atoms with Crippen molar-refractivity contribution >= 4 is 32.9 Å². The maximum atomic E-state index is 12.8. The molecule has 138 valence electrons. The Kier molecular flexibility index (Phi) is 3.87. The molecule has 0 spiro atoms. The minimum atomic E-state index is -0.253. The minimum absolute atomic E-state index is 0.0989. The zero-order valence-electron chi connectivity index (χ0n) is 15.2. The van der Waals surface area contributed by atoms with Crippen LogP contribution in [0.3, 0.4) is 0 Å². The second-order valence-corrected chi connectivity index (χ2v) is 7.84. The van der Waals surface area contributed by atoms with Crippen LogP contribution in [0.25, 0.3) is 21.5 Å². The summed E-state index contributed by atoms with van der Waals surface area (Å²) < 4.78 is 2.05. The van der Waals surface area contributed by atoms with Crippen LogP contribution in [-0.4, -0.2) is 19.6 Å². The van der Waals surface area contributed by atoms with Crippen molar-refractivity contribution in [3.8, 4) is 0 Å². The van der Waals surface area contributed by atoms with Crippen molar-refractivity contribution in [2.24, 2.45) is 0 Å². The third-order valence-corrected chi connectivity index (χ3v) is 6.38. The van der Waals surface area contributed by atoms with E-state index >= 15 is 0 Å². The molecule has 1 aromatic carbocycles. The van der Waals surface area contributed by atoms with Crippen LogP contribution in [0.15, 0.2) is 59.7 Å². The van der Waals surface area contributed by atoms with Crippen LogP contribution in [0.1, 0.15) is 34.3 Å². The van der Waals surface area contributed by atoms with Gasteiger partial charge in [0.15, 0.2) is 0 Å². The van der Waals surface area contributed by atoms with Gasteiger partial charge in [0.2, 0.25) is 0 Å². The first-order valence-corrected chi connectivity index (χ1v) is 9.94. The van der Waals surface area contributed by atoms with Gasteiger partial charge in [-0.05, 0) is 35.7 Å². The van der Waals surface area contributed by atoms with E-state index < -0.39 is 0 Å². The van der Waals surface area contributed by atoms with Crippen LogP contribution < -0.4 is 5.56 Å². The van der Waals surface area contributed by atoms with Gasteiger partial charge in [-0.15, -0.1) is 11.3 Å². The first-order chi connectivity index (χ1) is 13.7. The van der Waals surface area contributed by atoms with Gasteiger partial charge >= 0.3 is 0 Å². The fraction of sp³-hybridized carbons (Fsp3) is 0.136. The van der Waals surface area contributed by atoms with Gasteiger partial charge in [-0.3, -0.25) is 9.78 Å². The lowest BCUT2D eigenvalue weighted by molar-refractivity contribution is 0.512. The van der Waals surface area contributed by atoms with E-state index in [1.165, 1.54) is 0 Å². The summed E-state index contributed by atoms with van der Waals surface area (Å²) in [4.78, 5) is 23.2. The maximum Gasteiger partial charge on any atom is 0.281 e. The molecule has 0 fully saturated rings. The Morgan fingerprint density at radius 3 is 2.79 bits per heavy atom. The predicted octanol–water partition coefficient (Wildman–Crippen LogP) is 4.25. The molecule has 4 aromatic rings. The molecule has 4 heterocycles. The normalized spacial score (nSPS) is 14.6. The number of hydrogen-bond acceptors (Lipinski definition) is 5. The molecule has 0 saturated heterocycles. The Hall–Kier alpha value is -3.25. The number of aliphatic hydroxyl groups excluding tert-OH is 1. The fourth-order valence-corrected chi connectivity index (χ4v) is 4.78. The summed E-state index contributed by atoms with van der Waals surface area (Å²) in [6.45, 7) is 2.70. The second kappa shape index (κ2) is 6.42. The number of nitrogens with zero attached hydrogens (tertiary/aromatic N) is 3. The third-order valence-electron chi connectivity index (χ3n) is 5.08. The van der Waals surface area contributed by atoms with Gasteiger partial charge in [0.1, 0.15) is 16.4 Å². The van der Waals surface area contributed by atoms with Crippen molar-refractivity contribution in [3.63, 3.8) is 0 Å². The Balaban J connectivity index is 1.89. The van der Waals surface area contributed by atoms with E-state index in [4.69, 9.17) is 0 Å². The maximum absolute atomic E-state index is 12.8. The average molecular weight is 387 g/mol. The second-order valence-electron chi connectivity index (χ2n) is 6.73. The highest BCUT2D eigenvalue weighted by molar-refractivity contribution is 7.18. The standard InChI is InChI=1S/C22H17N3O2S/c1-2-15-11-17-21(27)24-20-18(19(26)13-7-9-23-10-8-13)16-6-4-3-5-14(16)12-25(20)22(17)28-15/h3-11,26H,2,12H2,1H3/b19-18-. The predicted molar refractivity (Wildman–Crippen MR) is 112 cm³/mol. The topological polar surface area (TPSA) is 68.0 Å². The number of hydrogen-bond donors (Lipinski definition) is 1. The first-order valence-electron chi connectivity index (χ1n) is 9.13. The molecule has 0 amide bonds. The Morgan fingerprint density at radius 2 is 2.00 bits per heavy atom. The van der Waals surface area contributed by atoms with Crippen molar-refractivity contribution in [2.45, 2.75) is 19.9 Å². The molecule has 5 nitrogen and oxygen atoms in total. The van der Waals surface area contributed by atoms with Gasteiger partial charge in [-0.2, -0.15) is 4.98 Å². The summed E-state index contributed by atoms with van der Waals surface area (Å²) in [5.41, 5.74) is 2.96. The van der Waals surface area contributed by atoms with Gasteiger partial charge in [-0.1, -0.05) is 31.2 Å². The highest BCUT2D eigenvalue weighted by Gasteiger charge is 2.27. The molecule has 0 bridgehead atoms. The molecule has 0 atom stereocenters. The summed E-state index contributed by atoms with van der Waals surface area (Å²) in [5, 5.41) is 11.8. The fourth-order valence-electron chi connectivity index (χ4n) is 3.69. The number of aliphatic hydroxyl groups is 1. The van der Waals surface area contributed by atoms with Crippen molar-refractivity contribution < 1.29 is 5.11 Å². The number of pyridine rings is 1. The van der Waals surface area contributed by atoms with Crippen molar-refractivity contribution in [1.82, 2.24) is 14.5 Å². The molecular formula is C22H17N3O2S. The van der Waals surface area contributed by atoms with Crippen LogP contribution in [0, 0.1) is 0 Å². The summed E-state index contributed by atoms with van der Waals surface area (Å²) >= 11 is 1.62. The summed E-state index contributed by atoms with van der Waals surface area (Å²) in [6, 6.07) is 13.4. The molecule has 1 aliphatic heterocycles. The van der Waals surface area contributed by atoms with Crippen LogP contribution in [0.2, 0.25) is 0 Å². The van der Waals surface area contributed by atoms with E-state index in [0.717, 1.165) is 27.3 Å². The lowest BCUT2D eigenvalue weighted by atomic mass is 9.93. The van der Waals surface area contributed by atoms with Crippen LogP contribution in [0.5, 0.6) is 0 Å². The van der Waals surface area contributed by atoms with Crippen LogP contribution >= 0.6 is 11.3 Å². The molecule has 0 saturated carbocycles.